The molecule has 8 heteroatoms. The fraction of sp³-hybridized carbons (Fsp3) is 0.438. The van der Waals surface area contributed by atoms with Crippen LogP contribution in [0.1, 0.15) is 69.4 Å². The van der Waals surface area contributed by atoms with E-state index in [0.717, 1.165) is 29.7 Å². The van der Waals surface area contributed by atoms with Gasteiger partial charge in [0.1, 0.15) is 0 Å². The normalized spacial score (nSPS) is 18.6. The minimum absolute atomic E-state index is 0.0160. The molecule has 2 aliphatic rings. The highest BCUT2D eigenvalue weighted by atomic mass is 16.5. The number of esters is 1. The third-order valence-corrected chi connectivity index (χ3v) is 7.48. The number of dihydropyridines is 1. The summed E-state index contributed by atoms with van der Waals surface area (Å²) in [6.07, 6.45) is 2.59. The Morgan fingerprint density at radius 3 is 2.23 bits per heavy atom. The van der Waals surface area contributed by atoms with Crippen molar-refractivity contribution in [2.24, 2.45) is 0 Å². The summed E-state index contributed by atoms with van der Waals surface area (Å²) in [5.41, 5.74) is 4.30. The van der Waals surface area contributed by atoms with Gasteiger partial charge in [0.05, 0.1) is 40.1 Å². The van der Waals surface area contributed by atoms with Crippen molar-refractivity contribution in [3.05, 3.63) is 70.1 Å². The fourth-order valence-corrected chi connectivity index (χ4v) is 5.51. The van der Waals surface area contributed by atoms with Crippen LogP contribution in [0.2, 0.25) is 0 Å². The minimum Gasteiger partial charge on any atom is -0.493 e. The molecular weight excluding hydrogens is 510 g/mol. The Morgan fingerprint density at radius 2 is 1.55 bits per heavy atom. The zero-order chi connectivity index (χ0) is 28.8. The molecule has 2 unspecified atom stereocenters. The van der Waals surface area contributed by atoms with Crippen LogP contribution in [0, 0.1) is 0 Å². The molecule has 4 rings (SSSR count). The lowest BCUT2D eigenvalue weighted by atomic mass is 9.71. The number of carbonyl (C=O) groups is 2. The number of rotatable bonds is 11. The van der Waals surface area contributed by atoms with Gasteiger partial charge in [0.25, 0.3) is 0 Å². The van der Waals surface area contributed by atoms with Crippen molar-refractivity contribution >= 4 is 11.8 Å². The first-order chi connectivity index (χ1) is 19.4. The summed E-state index contributed by atoms with van der Waals surface area (Å²) in [7, 11) is 4.78. The monoisotopic (exact) mass is 549 g/mol. The van der Waals surface area contributed by atoms with E-state index in [1.54, 1.807) is 21.3 Å². The topological polar surface area (TPSA) is 92.3 Å². The molecule has 0 amide bonds. The van der Waals surface area contributed by atoms with Crippen LogP contribution < -0.4 is 24.3 Å². The number of ether oxygens (including phenoxy) is 5. The molecular formula is C32H39NO7. The van der Waals surface area contributed by atoms with Crippen molar-refractivity contribution < 1.29 is 33.3 Å². The number of carbonyl (C=O) groups excluding carboxylic acids is 2. The summed E-state index contributed by atoms with van der Waals surface area (Å²) < 4.78 is 27.9. The van der Waals surface area contributed by atoms with E-state index in [1.807, 2.05) is 57.2 Å². The van der Waals surface area contributed by atoms with E-state index in [0.29, 0.717) is 65.9 Å². The first kappa shape index (κ1) is 29.1. The number of hydrogen-bond donors (Lipinski definition) is 1. The molecule has 1 aliphatic carbocycles. The van der Waals surface area contributed by atoms with Gasteiger partial charge in [0.15, 0.2) is 28.8 Å². The molecule has 8 nitrogen and oxygen atoms in total. The average Bonchev–Trinajstić information content (AvgIpc) is 2.96. The highest BCUT2D eigenvalue weighted by molar-refractivity contribution is 6.04. The number of benzene rings is 2. The van der Waals surface area contributed by atoms with E-state index in [1.165, 1.54) is 0 Å². The van der Waals surface area contributed by atoms with E-state index >= 15 is 0 Å². The number of Topliss-reactive ketones (excluding diaryl/α,β-unsaturated/α-hetero) is 1. The second kappa shape index (κ2) is 12.9. The Labute approximate surface area is 236 Å². The Hall–Kier alpha value is -3.94. The second-order valence-electron chi connectivity index (χ2n) is 9.96. The predicted octanol–water partition coefficient (Wildman–Crippen LogP) is 5.82. The smallest absolute Gasteiger partial charge is 0.336 e. The summed E-state index contributed by atoms with van der Waals surface area (Å²) in [6, 6.07) is 11.3. The standard InChI is InChI=1S/C32H39NO7/c1-7-9-14-40-32(35)29-19(3)33-23-15-22(20-10-12-25(36-4)27(17-20)37-5)16-24(34)31(23)30(29)21-11-13-26(39-8-2)28(18-21)38-6/h10-13,17-18,22,30,33H,7-9,14-16H2,1-6H3. The number of hydrogen-bond acceptors (Lipinski definition) is 8. The van der Waals surface area contributed by atoms with E-state index in [9.17, 15) is 9.59 Å². The van der Waals surface area contributed by atoms with Crippen molar-refractivity contribution in [1.82, 2.24) is 5.32 Å². The second-order valence-corrected chi connectivity index (χ2v) is 9.96. The number of allylic oxidation sites excluding steroid dienone is 3. The van der Waals surface area contributed by atoms with E-state index in [4.69, 9.17) is 23.7 Å². The Bertz CT molecular complexity index is 1330. The van der Waals surface area contributed by atoms with Gasteiger partial charge >= 0.3 is 5.97 Å². The number of methoxy groups -OCH3 is 3. The third kappa shape index (κ3) is 5.81. The predicted molar refractivity (Wildman–Crippen MR) is 152 cm³/mol. The van der Waals surface area contributed by atoms with E-state index in [-0.39, 0.29) is 11.7 Å². The average molecular weight is 550 g/mol. The van der Waals surface area contributed by atoms with Crippen LogP contribution in [0.15, 0.2) is 58.9 Å². The van der Waals surface area contributed by atoms with Crippen LogP contribution in [0.25, 0.3) is 0 Å². The maximum Gasteiger partial charge on any atom is 0.336 e. The molecule has 2 atom stereocenters. The van der Waals surface area contributed by atoms with Gasteiger partial charge in [0.2, 0.25) is 0 Å². The molecule has 1 N–H and O–H groups in total. The van der Waals surface area contributed by atoms with Gasteiger partial charge in [-0.2, -0.15) is 0 Å². The largest absolute Gasteiger partial charge is 0.493 e. The SMILES string of the molecule is CCCCOC(=O)C1=C(C)NC2=C(C(=O)CC(c3ccc(OC)c(OC)c3)C2)C1c1ccc(OCC)c(OC)c1. The molecule has 0 spiro atoms. The van der Waals surface area contributed by atoms with Gasteiger partial charge < -0.3 is 29.0 Å². The molecule has 1 heterocycles. The number of ketones is 1. The van der Waals surface area contributed by atoms with Gasteiger partial charge in [-0.1, -0.05) is 25.5 Å². The van der Waals surface area contributed by atoms with Crippen LogP contribution >= 0.6 is 0 Å². The molecule has 0 fully saturated rings. The highest BCUT2D eigenvalue weighted by Crippen LogP contribution is 2.47. The fourth-order valence-electron chi connectivity index (χ4n) is 5.51. The van der Waals surface area contributed by atoms with Gasteiger partial charge in [-0.25, -0.2) is 4.79 Å². The first-order valence-electron chi connectivity index (χ1n) is 13.8. The molecule has 2 aromatic rings. The molecule has 0 bridgehead atoms. The summed E-state index contributed by atoms with van der Waals surface area (Å²) in [5.74, 6) is 1.33. The molecule has 0 aromatic heterocycles. The van der Waals surface area contributed by atoms with Crippen LogP contribution in [-0.2, 0) is 14.3 Å². The number of unbranched alkanes of at least 4 members (excludes halogenated alkanes) is 1. The maximum atomic E-state index is 13.9. The Balaban J connectivity index is 1.78. The molecule has 0 saturated heterocycles. The first-order valence-corrected chi connectivity index (χ1v) is 13.8. The molecule has 214 valence electrons. The van der Waals surface area contributed by atoms with E-state index in [2.05, 4.69) is 5.32 Å². The molecule has 0 radical (unpaired) electrons. The van der Waals surface area contributed by atoms with Gasteiger partial charge in [-0.3, -0.25) is 4.79 Å². The van der Waals surface area contributed by atoms with Crippen molar-refractivity contribution in [2.75, 3.05) is 34.5 Å². The van der Waals surface area contributed by atoms with Crippen LogP contribution in [0.3, 0.4) is 0 Å². The lowest BCUT2D eigenvalue weighted by molar-refractivity contribution is -0.139. The van der Waals surface area contributed by atoms with E-state index < -0.39 is 11.9 Å². The summed E-state index contributed by atoms with van der Waals surface area (Å²) in [4.78, 5) is 27.4. The summed E-state index contributed by atoms with van der Waals surface area (Å²) in [5, 5.41) is 3.41. The molecule has 1 aliphatic heterocycles. The lowest BCUT2D eigenvalue weighted by Crippen LogP contribution is -2.36. The molecule has 40 heavy (non-hydrogen) atoms. The lowest BCUT2D eigenvalue weighted by Gasteiger charge is -2.37. The zero-order valence-corrected chi connectivity index (χ0v) is 24.2. The van der Waals surface area contributed by atoms with Crippen molar-refractivity contribution in [2.45, 2.75) is 58.3 Å². The Morgan fingerprint density at radius 1 is 0.900 bits per heavy atom. The highest BCUT2D eigenvalue weighted by Gasteiger charge is 2.41. The van der Waals surface area contributed by atoms with Gasteiger partial charge in [-0.05, 0) is 68.0 Å². The van der Waals surface area contributed by atoms with Gasteiger partial charge in [-0.15, -0.1) is 0 Å². The number of nitrogens with one attached hydrogen (secondary N) is 1. The van der Waals surface area contributed by atoms with Crippen LogP contribution in [0.5, 0.6) is 23.0 Å². The molecule has 2 aromatic carbocycles. The minimum atomic E-state index is -0.589. The summed E-state index contributed by atoms with van der Waals surface area (Å²) >= 11 is 0. The van der Waals surface area contributed by atoms with Crippen LogP contribution in [0.4, 0.5) is 0 Å². The third-order valence-electron chi connectivity index (χ3n) is 7.48. The van der Waals surface area contributed by atoms with Crippen molar-refractivity contribution in [3.63, 3.8) is 0 Å². The van der Waals surface area contributed by atoms with Gasteiger partial charge in [0, 0.05) is 29.3 Å². The van der Waals surface area contributed by atoms with Crippen LogP contribution in [-0.4, -0.2) is 46.3 Å². The maximum absolute atomic E-state index is 13.9. The molecule has 0 saturated carbocycles. The quantitative estimate of drug-likeness (QED) is 0.277. The Kier molecular flexibility index (Phi) is 9.40. The summed E-state index contributed by atoms with van der Waals surface area (Å²) in [6.45, 7) is 6.63. The zero-order valence-electron chi connectivity index (χ0n) is 24.2. The van der Waals surface area contributed by atoms with Crippen molar-refractivity contribution in [3.8, 4) is 23.0 Å². The van der Waals surface area contributed by atoms with Crippen molar-refractivity contribution in [1.29, 1.82) is 0 Å².